The van der Waals surface area contributed by atoms with E-state index in [0.717, 1.165) is 31.6 Å². The van der Waals surface area contributed by atoms with Crippen molar-refractivity contribution < 1.29 is 9.53 Å². The first-order valence-electron chi connectivity index (χ1n) is 8.57. The Kier molecular flexibility index (Phi) is 5.59. The van der Waals surface area contributed by atoms with Gasteiger partial charge in [0.05, 0.1) is 24.3 Å². The largest absolute Gasteiger partial charge is 0.381 e. The number of hydrogen-bond acceptors (Lipinski definition) is 3. The summed E-state index contributed by atoms with van der Waals surface area (Å²) in [7, 11) is 0. The highest BCUT2D eigenvalue weighted by Crippen LogP contribution is 2.20. The molecule has 2 atom stereocenters. The van der Waals surface area contributed by atoms with Gasteiger partial charge in [-0.05, 0) is 43.9 Å². The zero-order valence-electron chi connectivity index (χ0n) is 14.1. The van der Waals surface area contributed by atoms with Crippen molar-refractivity contribution in [2.45, 2.75) is 32.2 Å². The van der Waals surface area contributed by atoms with Gasteiger partial charge in [-0.15, -0.1) is 0 Å². The Balaban J connectivity index is 1.74. The van der Waals surface area contributed by atoms with Crippen LogP contribution in [-0.2, 0) is 16.0 Å². The number of nitrogens with zero attached hydrogens (tertiary/aromatic N) is 1. The van der Waals surface area contributed by atoms with Crippen LogP contribution in [0.1, 0.15) is 35.7 Å². The van der Waals surface area contributed by atoms with Gasteiger partial charge in [0.2, 0.25) is 5.91 Å². The van der Waals surface area contributed by atoms with Crippen LogP contribution < -0.4 is 5.32 Å². The molecule has 1 N–H and O–H groups in total. The predicted octanol–water partition coefficient (Wildman–Crippen LogP) is 3.22. The number of ether oxygens (including phenoxy) is 1. The molecule has 2 aromatic rings. The number of aryl methyl sites for hydroxylation is 1. The van der Waals surface area contributed by atoms with Gasteiger partial charge >= 0.3 is 0 Å². The average molecular weight is 324 g/mol. The zero-order chi connectivity index (χ0) is 16.8. The van der Waals surface area contributed by atoms with Gasteiger partial charge < -0.3 is 10.1 Å². The molecule has 126 valence electrons. The summed E-state index contributed by atoms with van der Waals surface area (Å²) in [6.07, 6.45) is 4.35. The normalized spacial score (nSPS) is 18.8. The van der Waals surface area contributed by atoms with Gasteiger partial charge in [-0.25, -0.2) is 0 Å². The summed E-state index contributed by atoms with van der Waals surface area (Å²) in [6.45, 7) is 3.35. The lowest BCUT2D eigenvalue weighted by atomic mass is 9.98. The third-order valence-electron chi connectivity index (χ3n) is 4.45. The summed E-state index contributed by atoms with van der Waals surface area (Å²) < 4.78 is 5.45. The van der Waals surface area contributed by atoms with Crippen LogP contribution in [-0.4, -0.2) is 24.1 Å². The van der Waals surface area contributed by atoms with Crippen molar-refractivity contribution in [3.63, 3.8) is 0 Å². The van der Waals surface area contributed by atoms with E-state index in [0.29, 0.717) is 6.61 Å². The molecule has 1 aromatic heterocycles. The molecular formula is C20H24N2O2. The van der Waals surface area contributed by atoms with Crippen LogP contribution in [0.4, 0.5) is 0 Å². The SMILES string of the molecule is Cc1ccc(C[C@H](NC(=O)[C@@H]2CCCOC2)c2ccccn2)cc1. The van der Waals surface area contributed by atoms with Gasteiger partial charge in [0.15, 0.2) is 0 Å². The molecule has 1 saturated heterocycles. The predicted molar refractivity (Wildman–Crippen MR) is 93.5 cm³/mol. The maximum Gasteiger partial charge on any atom is 0.225 e. The monoisotopic (exact) mass is 324 g/mol. The molecule has 4 heteroatoms. The number of rotatable bonds is 5. The Hall–Kier alpha value is -2.20. The number of aromatic nitrogens is 1. The molecule has 1 aliphatic rings. The molecular weight excluding hydrogens is 300 g/mol. The maximum atomic E-state index is 12.6. The first-order valence-corrected chi connectivity index (χ1v) is 8.57. The molecule has 3 rings (SSSR count). The van der Waals surface area contributed by atoms with Gasteiger partial charge in [-0.3, -0.25) is 9.78 Å². The molecule has 0 bridgehead atoms. The Morgan fingerprint density at radius 2 is 2.12 bits per heavy atom. The van der Waals surface area contributed by atoms with Gasteiger partial charge in [0, 0.05) is 12.8 Å². The summed E-state index contributed by atoms with van der Waals surface area (Å²) >= 11 is 0. The van der Waals surface area contributed by atoms with Crippen LogP contribution in [0.15, 0.2) is 48.7 Å². The minimum Gasteiger partial charge on any atom is -0.381 e. The van der Waals surface area contributed by atoms with Crippen molar-refractivity contribution in [2.24, 2.45) is 5.92 Å². The van der Waals surface area contributed by atoms with Crippen molar-refractivity contribution in [1.29, 1.82) is 0 Å². The van der Waals surface area contributed by atoms with Gasteiger partial charge in [0.25, 0.3) is 0 Å². The molecule has 0 radical (unpaired) electrons. The van der Waals surface area contributed by atoms with Gasteiger partial charge in [0.1, 0.15) is 0 Å². The van der Waals surface area contributed by atoms with Crippen LogP contribution in [0.2, 0.25) is 0 Å². The topological polar surface area (TPSA) is 51.2 Å². The number of pyridine rings is 1. The molecule has 24 heavy (non-hydrogen) atoms. The minimum atomic E-state index is -0.122. The van der Waals surface area contributed by atoms with E-state index >= 15 is 0 Å². The van der Waals surface area contributed by atoms with Crippen LogP contribution in [0, 0.1) is 12.8 Å². The van der Waals surface area contributed by atoms with E-state index in [9.17, 15) is 4.79 Å². The fraction of sp³-hybridized carbons (Fsp3) is 0.400. The molecule has 1 aromatic carbocycles. The number of carbonyl (C=O) groups is 1. The van der Waals surface area contributed by atoms with Gasteiger partial charge in [-0.1, -0.05) is 35.9 Å². The second-order valence-corrected chi connectivity index (χ2v) is 6.42. The number of nitrogens with one attached hydrogen (secondary N) is 1. The zero-order valence-corrected chi connectivity index (χ0v) is 14.1. The lowest BCUT2D eigenvalue weighted by molar-refractivity contribution is -0.129. The van der Waals surface area contributed by atoms with E-state index in [-0.39, 0.29) is 17.9 Å². The van der Waals surface area contributed by atoms with E-state index in [1.165, 1.54) is 11.1 Å². The highest BCUT2D eigenvalue weighted by Gasteiger charge is 2.25. The molecule has 0 saturated carbocycles. The lowest BCUT2D eigenvalue weighted by Crippen LogP contribution is -2.38. The highest BCUT2D eigenvalue weighted by molar-refractivity contribution is 5.79. The Morgan fingerprint density at radius 3 is 2.79 bits per heavy atom. The molecule has 4 nitrogen and oxygen atoms in total. The minimum absolute atomic E-state index is 0.0528. The second-order valence-electron chi connectivity index (χ2n) is 6.42. The van der Waals surface area contributed by atoms with E-state index < -0.39 is 0 Å². The molecule has 0 unspecified atom stereocenters. The second kappa shape index (κ2) is 8.06. The molecule has 0 aliphatic carbocycles. The molecule has 1 aliphatic heterocycles. The van der Waals surface area contributed by atoms with Crippen molar-refractivity contribution in [3.8, 4) is 0 Å². The van der Waals surface area contributed by atoms with Gasteiger partial charge in [-0.2, -0.15) is 0 Å². The highest BCUT2D eigenvalue weighted by atomic mass is 16.5. The maximum absolute atomic E-state index is 12.6. The standard InChI is InChI=1S/C20H24N2O2/c1-15-7-9-16(10-8-15)13-19(18-6-2-3-11-21-18)22-20(23)17-5-4-12-24-14-17/h2-3,6-11,17,19H,4-5,12-14H2,1H3,(H,22,23)/t17-,19+/m1/s1. The van der Waals surface area contributed by atoms with Crippen LogP contribution >= 0.6 is 0 Å². The fourth-order valence-electron chi connectivity index (χ4n) is 3.01. The summed E-state index contributed by atoms with van der Waals surface area (Å²) in [5, 5.41) is 3.18. The summed E-state index contributed by atoms with van der Waals surface area (Å²) in [5.74, 6) is 0.0143. The van der Waals surface area contributed by atoms with Crippen LogP contribution in [0.25, 0.3) is 0 Å². The van der Waals surface area contributed by atoms with Crippen LogP contribution in [0.5, 0.6) is 0 Å². The quantitative estimate of drug-likeness (QED) is 0.919. The van der Waals surface area contributed by atoms with Crippen molar-refractivity contribution >= 4 is 5.91 Å². The molecule has 1 fully saturated rings. The number of hydrogen-bond donors (Lipinski definition) is 1. The number of amides is 1. The Morgan fingerprint density at radius 1 is 1.29 bits per heavy atom. The van der Waals surface area contributed by atoms with Crippen molar-refractivity contribution in [1.82, 2.24) is 10.3 Å². The van der Waals surface area contributed by atoms with E-state index in [1.807, 2.05) is 18.2 Å². The first-order chi connectivity index (χ1) is 11.7. The fourth-order valence-corrected chi connectivity index (χ4v) is 3.01. The average Bonchev–Trinajstić information content (AvgIpc) is 2.64. The summed E-state index contributed by atoms with van der Waals surface area (Å²) in [6, 6.07) is 14.1. The lowest BCUT2D eigenvalue weighted by Gasteiger charge is -2.25. The van der Waals surface area contributed by atoms with E-state index in [4.69, 9.17) is 4.74 Å². The third-order valence-corrected chi connectivity index (χ3v) is 4.45. The molecule has 0 spiro atoms. The summed E-state index contributed by atoms with van der Waals surface area (Å²) in [5.41, 5.74) is 3.32. The van der Waals surface area contributed by atoms with Crippen molar-refractivity contribution in [2.75, 3.05) is 13.2 Å². The van der Waals surface area contributed by atoms with E-state index in [2.05, 4.69) is 41.5 Å². The summed E-state index contributed by atoms with van der Waals surface area (Å²) in [4.78, 5) is 17.1. The first kappa shape index (κ1) is 16.7. The number of carbonyl (C=O) groups excluding carboxylic acids is 1. The number of benzene rings is 1. The Bertz CT molecular complexity index is 649. The van der Waals surface area contributed by atoms with Crippen LogP contribution in [0.3, 0.4) is 0 Å². The molecule has 1 amide bonds. The van der Waals surface area contributed by atoms with E-state index in [1.54, 1.807) is 6.20 Å². The third kappa shape index (κ3) is 4.42. The molecule has 2 heterocycles. The smallest absolute Gasteiger partial charge is 0.225 e. The Labute approximate surface area is 143 Å². The van der Waals surface area contributed by atoms with Crippen molar-refractivity contribution in [3.05, 3.63) is 65.5 Å².